The van der Waals surface area contributed by atoms with Crippen LogP contribution in [0.4, 0.5) is 0 Å². The van der Waals surface area contributed by atoms with E-state index in [0.717, 1.165) is 64.2 Å². The maximum atomic E-state index is 12.8. The molecule has 67 heavy (non-hydrogen) atoms. The largest absolute Gasteiger partial charge is 0.462 e. The average molecular weight is 944 g/mol. The van der Waals surface area contributed by atoms with Gasteiger partial charge in [0.15, 0.2) is 6.10 Å². The fraction of sp³-hybridized carbons (Fsp3) is 0.885. The lowest BCUT2D eigenvalue weighted by molar-refractivity contribution is -0.167. The molecule has 0 spiro atoms. The molecule has 0 bridgehead atoms. The minimum absolute atomic E-state index is 0.0650. The average Bonchev–Trinajstić information content (AvgIpc) is 3.33. The number of unbranched alkanes of at least 4 members (excludes halogenated alkanes) is 40. The number of ether oxygens (including phenoxy) is 3. The van der Waals surface area contributed by atoms with Gasteiger partial charge < -0.3 is 14.2 Å². The third-order valence-electron chi connectivity index (χ3n) is 13.5. The minimum atomic E-state index is -0.762. The number of carbonyl (C=O) groups is 3. The molecular formula is C61H114O6. The summed E-state index contributed by atoms with van der Waals surface area (Å²) in [5.74, 6) is -0.850. The fourth-order valence-electron chi connectivity index (χ4n) is 8.95. The van der Waals surface area contributed by atoms with Gasteiger partial charge in [0.25, 0.3) is 0 Å². The van der Waals surface area contributed by atoms with Crippen LogP contribution in [0.25, 0.3) is 0 Å². The lowest BCUT2D eigenvalue weighted by Gasteiger charge is -2.18. The molecule has 0 aliphatic heterocycles. The molecule has 0 amide bonds. The standard InChI is InChI=1S/C61H114O6/c1-4-7-10-13-16-19-21-22-23-24-25-26-27-28-29-30-31-32-33-34-35-36-37-38-40-42-45-48-51-54-60(63)66-57-58(56-65-59(62)53-50-47-44-41-18-15-12-9-6-3)67-61(64)55-52-49-46-43-39-20-17-14-11-8-5-2/h21-22,24-25,58H,4-20,23,26-57H2,1-3H3/b22-21-,25-24-. The monoisotopic (exact) mass is 943 g/mol. The zero-order valence-corrected chi connectivity index (χ0v) is 45.2. The smallest absolute Gasteiger partial charge is 0.306 e. The number of allylic oxidation sites excluding steroid dienone is 4. The van der Waals surface area contributed by atoms with Gasteiger partial charge in [0.2, 0.25) is 0 Å². The second kappa shape index (κ2) is 56.5. The van der Waals surface area contributed by atoms with E-state index in [1.54, 1.807) is 0 Å². The molecule has 394 valence electrons. The highest BCUT2D eigenvalue weighted by molar-refractivity contribution is 5.71. The molecule has 0 aromatic carbocycles. The van der Waals surface area contributed by atoms with E-state index in [1.165, 1.54) is 225 Å². The predicted octanol–water partition coefficient (Wildman–Crippen LogP) is 19.9. The first-order chi connectivity index (χ1) is 33.0. The van der Waals surface area contributed by atoms with Crippen molar-refractivity contribution in [3.63, 3.8) is 0 Å². The Hall–Kier alpha value is -2.11. The molecule has 0 fully saturated rings. The van der Waals surface area contributed by atoms with E-state index in [2.05, 4.69) is 45.1 Å². The van der Waals surface area contributed by atoms with E-state index in [9.17, 15) is 14.4 Å². The molecule has 0 saturated carbocycles. The van der Waals surface area contributed by atoms with Crippen LogP contribution in [0.15, 0.2) is 24.3 Å². The number of carbonyl (C=O) groups excluding carboxylic acids is 3. The highest BCUT2D eigenvalue weighted by atomic mass is 16.6. The Bertz CT molecular complexity index is 1080. The van der Waals surface area contributed by atoms with Crippen molar-refractivity contribution in [1.29, 1.82) is 0 Å². The SMILES string of the molecule is CCCCCCC/C=C\C/C=C\CCCCCCCCCCCCCCCCCCCC(=O)OCC(COC(=O)CCCCCCCCCCC)OC(=O)CCCCCCCCCCCCC. The van der Waals surface area contributed by atoms with Crippen LogP contribution in [0.3, 0.4) is 0 Å². The Labute approximate surface area is 417 Å². The Balaban J connectivity index is 4.02. The summed E-state index contributed by atoms with van der Waals surface area (Å²) in [6.45, 7) is 6.64. The summed E-state index contributed by atoms with van der Waals surface area (Å²) in [6.07, 6.45) is 66.3. The van der Waals surface area contributed by atoms with E-state index in [-0.39, 0.29) is 31.1 Å². The highest BCUT2D eigenvalue weighted by Gasteiger charge is 2.19. The van der Waals surface area contributed by atoms with Crippen LogP contribution in [0.5, 0.6) is 0 Å². The first kappa shape index (κ1) is 64.9. The molecule has 0 heterocycles. The normalized spacial score (nSPS) is 12.1. The van der Waals surface area contributed by atoms with Crippen LogP contribution in [0.1, 0.15) is 329 Å². The molecule has 0 aliphatic carbocycles. The van der Waals surface area contributed by atoms with Gasteiger partial charge in [0.1, 0.15) is 13.2 Å². The van der Waals surface area contributed by atoms with Crippen LogP contribution < -0.4 is 0 Å². The Morgan fingerprint density at radius 2 is 0.537 bits per heavy atom. The van der Waals surface area contributed by atoms with Crippen molar-refractivity contribution in [2.45, 2.75) is 335 Å². The molecule has 0 N–H and O–H groups in total. The molecule has 0 aromatic rings. The molecule has 6 heteroatoms. The second-order valence-electron chi connectivity index (χ2n) is 20.3. The highest BCUT2D eigenvalue weighted by Crippen LogP contribution is 2.17. The summed E-state index contributed by atoms with van der Waals surface area (Å²) in [7, 11) is 0. The zero-order chi connectivity index (χ0) is 48.6. The van der Waals surface area contributed by atoms with E-state index in [4.69, 9.17) is 14.2 Å². The van der Waals surface area contributed by atoms with Gasteiger partial charge in [0.05, 0.1) is 0 Å². The summed E-state index contributed by atoms with van der Waals surface area (Å²) < 4.78 is 16.8. The summed E-state index contributed by atoms with van der Waals surface area (Å²) in [6, 6.07) is 0. The van der Waals surface area contributed by atoms with Crippen molar-refractivity contribution in [2.75, 3.05) is 13.2 Å². The molecule has 0 aliphatic rings. The topological polar surface area (TPSA) is 78.9 Å². The summed E-state index contributed by atoms with van der Waals surface area (Å²) in [5, 5.41) is 0. The quantitative estimate of drug-likeness (QED) is 0.0262. The first-order valence-corrected chi connectivity index (χ1v) is 29.8. The van der Waals surface area contributed by atoms with Crippen molar-refractivity contribution in [3.05, 3.63) is 24.3 Å². The molecular weight excluding hydrogens is 829 g/mol. The third kappa shape index (κ3) is 54.7. The van der Waals surface area contributed by atoms with Crippen molar-refractivity contribution in [2.24, 2.45) is 0 Å². The molecule has 0 aromatic heterocycles. The summed E-state index contributed by atoms with van der Waals surface area (Å²) in [4.78, 5) is 37.9. The van der Waals surface area contributed by atoms with Gasteiger partial charge >= 0.3 is 17.9 Å². The maximum Gasteiger partial charge on any atom is 0.306 e. The van der Waals surface area contributed by atoms with Crippen molar-refractivity contribution in [1.82, 2.24) is 0 Å². The molecule has 6 nitrogen and oxygen atoms in total. The van der Waals surface area contributed by atoms with Crippen LogP contribution >= 0.6 is 0 Å². The van der Waals surface area contributed by atoms with Gasteiger partial charge in [-0.05, 0) is 51.4 Å². The lowest BCUT2D eigenvalue weighted by atomic mass is 10.0. The lowest BCUT2D eigenvalue weighted by Crippen LogP contribution is -2.30. The minimum Gasteiger partial charge on any atom is -0.462 e. The van der Waals surface area contributed by atoms with Crippen LogP contribution in [0.2, 0.25) is 0 Å². The summed E-state index contributed by atoms with van der Waals surface area (Å²) in [5.41, 5.74) is 0. The van der Waals surface area contributed by atoms with Gasteiger partial charge in [-0.25, -0.2) is 0 Å². The number of hydrogen-bond acceptors (Lipinski definition) is 6. The zero-order valence-electron chi connectivity index (χ0n) is 45.2. The van der Waals surface area contributed by atoms with Gasteiger partial charge in [-0.15, -0.1) is 0 Å². The molecule has 1 atom stereocenters. The maximum absolute atomic E-state index is 12.8. The van der Waals surface area contributed by atoms with E-state index in [1.807, 2.05) is 0 Å². The Kier molecular flexibility index (Phi) is 54.7. The van der Waals surface area contributed by atoms with Gasteiger partial charge in [-0.3, -0.25) is 14.4 Å². The number of rotatable bonds is 55. The molecule has 0 radical (unpaired) electrons. The van der Waals surface area contributed by atoms with Gasteiger partial charge in [-0.2, -0.15) is 0 Å². The van der Waals surface area contributed by atoms with Crippen molar-refractivity contribution in [3.8, 4) is 0 Å². The summed E-state index contributed by atoms with van der Waals surface area (Å²) >= 11 is 0. The predicted molar refractivity (Wildman–Crippen MR) is 289 cm³/mol. The fourth-order valence-corrected chi connectivity index (χ4v) is 8.95. The Morgan fingerprint density at radius 1 is 0.299 bits per heavy atom. The van der Waals surface area contributed by atoms with Crippen molar-refractivity contribution >= 4 is 17.9 Å². The first-order valence-electron chi connectivity index (χ1n) is 29.8. The second-order valence-corrected chi connectivity index (χ2v) is 20.3. The number of hydrogen-bond donors (Lipinski definition) is 0. The van der Waals surface area contributed by atoms with Crippen LogP contribution in [-0.4, -0.2) is 37.2 Å². The molecule has 0 saturated heterocycles. The Morgan fingerprint density at radius 3 is 0.821 bits per heavy atom. The van der Waals surface area contributed by atoms with Gasteiger partial charge in [-0.1, -0.05) is 283 Å². The molecule has 1 unspecified atom stereocenters. The van der Waals surface area contributed by atoms with Crippen molar-refractivity contribution < 1.29 is 28.6 Å². The van der Waals surface area contributed by atoms with E-state index < -0.39 is 6.10 Å². The van der Waals surface area contributed by atoms with Crippen LogP contribution in [-0.2, 0) is 28.6 Å². The van der Waals surface area contributed by atoms with Gasteiger partial charge in [0, 0.05) is 19.3 Å². The third-order valence-corrected chi connectivity index (χ3v) is 13.5. The van der Waals surface area contributed by atoms with Crippen LogP contribution in [0, 0.1) is 0 Å². The molecule has 0 rings (SSSR count). The van der Waals surface area contributed by atoms with E-state index in [0.29, 0.717) is 19.3 Å². The van der Waals surface area contributed by atoms with E-state index >= 15 is 0 Å². The number of esters is 3.